The normalized spacial score (nSPS) is 15.8. The van der Waals surface area contributed by atoms with Crippen LogP contribution in [0.1, 0.15) is 36.4 Å². The second-order valence-corrected chi connectivity index (χ2v) is 6.16. The SMILES string of the molecule is CN(C(=O)CCCOc1ccc(F)cc1)C1CCc2ccccc21. The highest BCUT2D eigenvalue weighted by molar-refractivity contribution is 5.76. The van der Waals surface area contributed by atoms with Gasteiger partial charge in [0.2, 0.25) is 5.91 Å². The third-order valence-electron chi connectivity index (χ3n) is 4.58. The van der Waals surface area contributed by atoms with Crippen LogP contribution in [0.2, 0.25) is 0 Å². The van der Waals surface area contributed by atoms with Crippen LogP contribution in [-0.2, 0) is 11.2 Å². The number of ether oxygens (including phenoxy) is 1. The van der Waals surface area contributed by atoms with Crippen molar-refractivity contribution in [2.75, 3.05) is 13.7 Å². The van der Waals surface area contributed by atoms with Gasteiger partial charge in [-0.25, -0.2) is 4.39 Å². The molecule has 0 aliphatic heterocycles. The summed E-state index contributed by atoms with van der Waals surface area (Å²) in [5.74, 6) is 0.484. The molecule has 0 aromatic heterocycles. The Balaban J connectivity index is 1.46. The highest BCUT2D eigenvalue weighted by atomic mass is 19.1. The van der Waals surface area contributed by atoms with Crippen molar-refractivity contribution in [2.45, 2.75) is 31.7 Å². The van der Waals surface area contributed by atoms with Crippen molar-refractivity contribution < 1.29 is 13.9 Å². The van der Waals surface area contributed by atoms with Gasteiger partial charge in [-0.15, -0.1) is 0 Å². The molecule has 0 spiro atoms. The first-order chi connectivity index (χ1) is 11.6. The van der Waals surface area contributed by atoms with Crippen LogP contribution >= 0.6 is 0 Å². The van der Waals surface area contributed by atoms with Crippen LogP contribution in [0, 0.1) is 5.82 Å². The van der Waals surface area contributed by atoms with Gasteiger partial charge in [-0.1, -0.05) is 24.3 Å². The predicted octanol–water partition coefficient (Wildman–Crippen LogP) is 4.13. The number of hydrogen-bond acceptors (Lipinski definition) is 2. The minimum atomic E-state index is -0.281. The Labute approximate surface area is 142 Å². The van der Waals surface area contributed by atoms with E-state index in [0.29, 0.717) is 25.2 Å². The van der Waals surface area contributed by atoms with Gasteiger partial charge < -0.3 is 9.64 Å². The topological polar surface area (TPSA) is 29.5 Å². The van der Waals surface area contributed by atoms with Gasteiger partial charge in [0, 0.05) is 13.5 Å². The van der Waals surface area contributed by atoms with E-state index in [4.69, 9.17) is 4.74 Å². The van der Waals surface area contributed by atoms with Gasteiger partial charge in [0.25, 0.3) is 0 Å². The van der Waals surface area contributed by atoms with E-state index in [2.05, 4.69) is 18.2 Å². The number of hydrogen-bond donors (Lipinski definition) is 0. The van der Waals surface area contributed by atoms with Crippen LogP contribution < -0.4 is 4.74 Å². The summed E-state index contributed by atoms with van der Waals surface area (Å²) in [5, 5.41) is 0. The number of carbonyl (C=O) groups excluding carboxylic acids is 1. The Morgan fingerprint density at radius 1 is 1.21 bits per heavy atom. The molecule has 0 fully saturated rings. The molecule has 3 rings (SSSR count). The molecule has 0 N–H and O–H groups in total. The van der Waals surface area contributed by atoms with Crippen LogP contribution in [0.5, 0.6) is 5.75 Å². The van der Waals surface area contributed by atoms with Gasteiger partial charge in [-0.2, -0.15) is 0 Å². The largest absolute Gasteiger partial charge is 0.494 e. The van der Waals surface area contributed by atoms with Gasteiger partial charge in [-0.05, 0) is 54.7 Å². The maximum absolute atomic E-state index is 12.8. The van der Waals surface area contributed by atoms with E-state index >= 15 is 0 Å². The average molecular weight is 327 g/mol. The van der Waals surface area contributed by atoms with Crippen molar-refractivity contribution in [2.24, 2.45) is 0 Å². The quantitative estimate of drug-likeness (QED) is 0.747. The summed E-state index contributed by atoms with van der Waals surface area (Å²) in [7, 11) is 1.88. The predicted molar refractivity (Wildman–Crippen MR) is 91.4 cm³/mol. The molecule has 1 aliphatic rings. The number of fused-ring (bicyclic) bond motifs is 1. The molecular formula is C20H22FNO2. The van der Waals surface area contributed by atoms with Crippen molar-refractivity contribution in [1.29, 1.82) is 0 Å². The average Bonchev–Trinajstić information content (AvgIpc) is 3.03. The number of amides is 1. The highest BCUT2D eigenvalue weighted by Crippen LogP contribution is 2.35. The van der Waals surface area contributed by atoms with E-state index in [1.807, 2.05) is 18.0 Å². The van der Waals surface area contributed by atoms with E-state index in [1.54, 1.807) is 12.1 Å². The van der Waals surface area contributed by atoms with E-state index in [-0.39, 0.29) is 17.8 Å². The molecule has 126 valence electrons. The first-order valence-corrected chi connectivity index (χ1v) is 8.37. The monoisotopic (exact) mass is 327 g/mol. The third-order valence-corrected chi connectivity index (χ3v) is 4.58. The molecule has 3 nitrogen and oxygen atoms in total. The molecule has 1 amide bonds. The fourth-order valence-electron chi connectivity index (χ4n) is 3.23. The lowest BCUT2D eigenvalue weighted by Crippen LogP contribution is -2.30. The summed E-state index contributed by atoms with van der Waals surface area (Å²) >= 11 is 0. The molecule has 0 saturated carbocycles. The standard InChI is InChI=1S/C20H22FNO2/c1-22(19-13-8-15-5-2-3-6-18(15)19)20(23)7-4-14-24-17-11-9-16(21)10-12-17/h2-3,5-6,9-12,19H,4,7-8,13-14H2,1H3. The zero-order valence-electron chi connectivity index (χ0n) is 13.9. The first kappa shape index (κ1) is 16.5. The van der Waals surface area contributed by atoms with Crippen LogP contribution in [0.15, 0.2) is 48.5 Å². The molecule has 0 radical (unpaired) electrons. The zero-order valence-corrected chi connectivity index (χ0v) is 13.9. The summed E-state index contributed by atoms with van der Waals surface area (Å²) in [5.41, 5.74) is 2.62. The zero-order chi connectivity index (χ0) is 16.9. The van der Waals surface area contributed by atoms with E-state index in [0.717, 1.165) is 12.8 Å². The Kier molecular flexibility index (Phi) is 5.14. The van der Waals surface area contributed by atoms with Crippen LogP contribution in [0.25, 0.3) is 0 Å². The lowest BCUT2D eigenvalue weighted by Gasteiger charge is -2.25. The molecule has 1 aliphatic carbocycles. The van der Waals surface area contributed by atoms with E-state index in [9.17, 15) is 9.18 Å². The smallest absolute Gasteiger partial charge is 0.222 e. The van der Waals surface area contributed by atoms with Crippen LogP contribution in [-0.4, -0.2) is 24.5 Å². The number of benzene rings is 2. The van der Waals surface area contributed by atoms with E-state index in [1.165, 1.54) is 23.3 Å². The molecule has 0 bridgehead atoms. The number of carbonyl (C=O) groups is 1. The third kappa shape index (κ3) is 3.75. The number of nitrogens with zero attached hydrogens (tertiary/aromatic N) is 1. The van der Waals surface area contributed by atoms with Crippen molar-refractivity contribution in [3.05, 3.63) is 65.5 Å². The van der Waals surface area contributed by atoms with Gasteiger partial charge >= 0.3 is 0 Å². The van der Waals surface area contributed by atoms with Crippen molar-refractivity contribution in [3.63, 3.8) is 0 Å². The molecule has 1 unspecified atom stereocenters. The fourth-order valence-corrected chi connectivity index (χ4v) is 3.23. The number of aryl methyl sites for hydroxylation is 1. The number of rotatable bonds is 6. The second-order valence-electron chi connectivity index (χ2n) is 6.16. The lowest BCUT2D eigenvalue weighted by molar-refractivity contribution is -0.132. The Hall–Kier alpha value is -2.36. The summed E-state index contributed by atoms with van der Waals surface area (Å²) in [4.78, 5) is 14.3. The Bertz CT molecular complexity index is 699. The maximum Gasteiger partial charge on any atom is 0.222 e. The molecule has 1 atom stereocenters. The minimum Gasteiger partial charge on any atom is -0.494 e. The van der Waals surface area contributed by atoms with Gasteiger partial charge in [0.1, 0.15) is 11.6 Å². The Morgan fingerprint density at radius 2 is 1.96 bits per heavy atom. The molecule has 24 heavy (non-hydrogen) atoms. The van der Waals surface area contributed by atoms with Crippen LogP contribution in [0.3, 0.4) is 0 Å². The van der Waals surface area contributed by atoms with Crippen LogP contribution in [0.4, 0.5) is 4.39 Å². The summed E-state index contributed by atoms with van der Waals surface area (Å²) in [6.45, 7) is 0.451. The highest BCUT2D eigenvalue weighted by Gasteiger charge is 2.27. The number of halogens is 1. The maximum atomic E-state index is 12.8. The van der Waals surface area contributed by atoms with Crippen molar-refractivity contribution in [1.82, 2.24) is 4.90 Å². The van der Waals surface area contributed by atoms with Gasteiger partial charge in [0.15, 0.2) is 0 Å². The second kappa shape index (κ2) is 7.47. The minimum absolute atomic E-state index is 0.138. The fraction of sp³-hybridized carbons (Fsp3) is 0.350. The van der Waals surface area contributed by atoms with Crippen molar-refractivity contribution in [3.8, 4) is 5.75 Å². The molecule has 4 heteroatoms. The summed E-state index contributed by atoms with van der Waals surface area (Å²) in [6.07, 6.45) is 3.13. The molecule has 0 heterocycles. The van der Waals surface area contributed by atoms with E-state index < -0.39 is 0 Å². The Morgan fingerprint density at radius 3 is 2.75 bits per heavy atom. The summed E-state index contributed by atoms with van der Waals surface area (Å²) < 4.78 is 18.4. The molecular weight excluding hydrogens is 305 g/mol. The van der Waals surface area contributed by atoms with Gasteiger partial charge in [-0.3, -0.25) is 4.79 Å². The van der Waals surface area contributed by atoms with Crippen molar-refractivity contribution >= 4 is 5.91 Å². The molecule has 2 aromatic rings. The molecule has 2 aromatic carbocycles. The first-order valence-electron chi connectivity index (χ1n) is 8.37. The lowest BCUT2D eigenvalue weighted by atomic mass is 10.1. The summed E-state index contributed by atoms with van der Waals surface area (Å²) in [6, 6.07) is 14.5. The molecule has 0 saturated heterocycles. The van der Waals surface area contributed by atoms with Gasteiger partial charge in [0.05, 0.1) is 12.6 Å².